The van der Waals surface area contributed by atoms with Crippen LogP contribution in [0.25, 0.3) is 0 Å². The summed E-state index contributed by atoms with van der Waals surface area (Å²) in [6.45, 7) is 0.296. The Bertz CT molecular complexity index is 711. The summed E-state index contributed by atoms with van der Waals surface area (Å²) in [5, 5.41) is 13.2. The molecular weight excluding hydrogens is 345 g/mol. The van der Waals surface area contributed by atoms with Gasteiger partial charge in [0, 0.05) is 29.6 Å². The Morgan fingerprint density at radius 3 is 2.50 bits per heavy atom. The van der Waals surface area contributed by atoms with Crippen molar-refractivity contribution in [1.82, 2.24) is 10.3 Å². The molecule has 7 heteroatoms. The summed E-state index contributed by atoms with van der Waals surface area (Å²) in [6, 6.07) is 2.29. The van der Waals surface area contributed by atoms with Crippen LogP contribution in [0, 0.1) is 11.3 Å². The summed E-state index contributed by atoms with van der Waals surface area (Å²) in [4.78, 5) is 16.1. The topological polar surface area (TPSA) is 62.2 Å². The van der Waals surface area contributed by atoms with Crippen LogP contribution in [0.4, 0.5) is 13.2 Å². The first-order chi connectivity index (χ1) is 12.3. The van der Waals surface area contributed by atoms with Gasteiger partial charge in [0.2, 0.25) is 0 Å². The van der Waals surface area contributed by atoms with Gasteiger partial charge in [-0.2, -0.15) is 13.2 Å². The van der Waals surface area contributed by atoms with Crippen LogP contribution in [0.1, 0.15) is 72.6 Å². The molecule has 2 atom stereocenters. The molecule has 0 saturated heterocycles. The quantitative estimate of drug-likeness (QED) is 0.853. The smallest absolute Gasteiger partial charge is 0.392 e. The number of pyridine rings is 1. The van der Waals surface area contributed by atoms with Crippen molar-refractivity contribution in [2.24, 2.45) is 11.3 Å². The maximum absolute atomic E-state index is 13.1. The van der Waals surface area contributed by atoms with Gasteiger partial charge in [0.15, 0.2) is 0 Å². The van der Waals surface area contributed by atoms with E-state index in [4.69, 9.17) is 0 Å². The fourth-order valence-electron chi connectivity index (χ4n) is 4.41. The van der Waals surface area contributed by atoms with Gasteiger partial charge < -0.3 is 10.4 Å². The first-order valence-corrected chi connectivity index (χ1v) is 9.34. The Labute approximate surface area is 150 Å². The van der Waals surface area contributed by atoms with E-state index < -0.39 is 23.9 Å². The number of nitrogens with zero attached hydrogens (tertiary/aromatic N) is 1. The monoisotopic (exact) mass is 368 g/mol. The van der Waals surface area contributed by atoms with Gasteiger partial charge in [-0.15, -0.1) is 0 Å². The van der Waals surface area contributed by atoms with Crippen LogP contribution in [-0.2, 0) is 6.18 Å². The number of aliphatic hydroxyl groups excluding tert-OH is 1. The number of halogens is 3. The molecule has 3 aliphatic carbocycles. The van der Waals surface area contributed by atoms with Crippen molar-refractivity contribution in [3.8, 4) is 0 Å². The number of carbonyl (C=O) groups is 1. The van der Waals surface area contributed by atoms with E-state index in [9.17, 15) is 23.1 Å². The molecule has 142 valence electrons. The zero-order chi connectivity index (χ0) is 18.5. The number of carbonyl (C=O) groups excluding carboxylic acids is 1. The first-order valence-electron chi connectivity index (χ1n) is 9.34. The zero-order valence-electron chi connectivity index (χ0n) is 14.5. The van der Waals surface area contributed by atoms with E-state index in [1.807, 2.05) is 0 Å². The van der Waals surface area contributed by atoms with Crippen LogP contribution < -0.4 is 5.32 Å². The number of hydrogen-bond acceptors (Lipinski definition) is 3. The maximum Gasteiger partial charge on any atom is 0.433 e. The summed E-state index contributed by atoms with van der Waals surface area (Å²) in [6.07, 6.45) is 1.63. The van der Waals surface area contributed by atoms with E-state index in [0.29, 0.717) is 12.2 Å². The van der Waals surface area contributed by atoms with Crippen molar-refractivity contribution in [3.05, 3.63) is 29.1 Å². The lowest BCUT2D eigenvalue weighted by Gasteiger charge is -2.42. The summed E-state index contributed by atoms with van der Waals surface area (Å²) in [5.74, 6) is -0.522. The van der Waals surface area contributed by atoms with Crippen molar-refractivity contribution in [1.29, 1.82) is 0 Å². The zero-order valence-corrected chi connectivity index (χ0v) is 14.5. The number of nitrogens with one attached hydrogen (secondary N) is 1. The third-order valence-electron chi connectivity index (χ3n) is 6.35. The Morgan fingerprint density at radius 1 is 1.23 bits per heavy atom. The van der Waals surface area contributed by atoms with Gasteiger partial charge >= 0.3 is 6.18 Å². The third-order valence-corrected chi connectivity index (χ3v) is 6.35. The molecule has 4 nitrogen and oxygen atoms in total. The molecule has 0 bridgehead atoms. The molecule has 3 aliphatic rings. The molecule has 4 rings (SSSR count). The van der Waals surface area contributed by atoms with Gasteiger partial charge in [-0.1, -0.05) is 6.42 Å². The van der Waals surface area contributed by atoms with Gasteiger partial charge in [-0.05, 0) is 56.1 Å². The molecule has 0 radical (unpaired) electrons. The minimum absolute atomic E-state index is 0.0000640. The molecule has 0 aliphatic heterocycles. The van der Waals surface area contributed by atoms with Gasteiger partial charge in [0.1, 0.15) is 5.69 Å². The number of rotatable bonds is 4. The average Bonchev–Trinajstić information content (AvgIpc) is 3.34. The van der Waals surface area contributed by atoms with Gasteiger partial charge in [0.05, 0.1) is 6.10 Å². The highest BCUT2D eigenvalue weighted by atomic mass is 19.4. The predicted molar refractivity (Wildman–Crippen MR) is 88.6 cm³/mol. The molecule has 1 aromatic rings. The predicted octanol–water partition coefficient (Wildman–Crippen LogP) is 3.65. The normalized spacial score (nSPS) is 27.4. The molecule has 3 fully saturated rings. The first kappa shape index (κ1) is 17.8. The van der Waals surface area contributed by atoms with Crippen molar-refractivity contribution in [3.63, 3.8) is 0 Å². The molecule has 2 N–H and O–H groups in total. The molecular formula is C19H23F3N2O2. The highest BCUT2D eigenvalue weighted by molar-refractivity contribution is 5.94. The average molecular weight is 368 g/mol. The van der Waals surface area contributed by atoms with Crippen molar-refractivity contribution < 1.29 is 23.1 Å². The van der Waals surface area contributed by atoms with Gasteiger partial charge in [-0.25, -0.2) is 4.98 Å². The molecule has 0 aromatic carbocycles. The van der Waals surface area contributed by atoms with E-state index in [1.54, 1.807) is 0 Å². The number of aliphatic hydroxyl groups is 1. The van der Waals surface area contributed by atoms with Crippen LogP contribution in [-0.4, -0.2) is 28.6 Å². The Kier molecular flexibility index (Phi) is 4.25. The van der Waals surface area contributed by atoms with Crippen LogP contribution in [0.2, 0.25) is 0 Å². The van der Waals surface area contributed by atoms with Crippen LogP contribution in [0.15, 0.2) is 12.1 Å². The van der Waals surface area contributed by atoms with Crippen LogP contribution in [0.5, 0.6) is 0 Å². The van der Waals surface area contributed by atoms with E-state index in [1.165, 1.54) is 6.07 Å². The largest absolute Gasteiger partial charge is 0.433 e. The lowest BCUT2D eigenvalue weighted by Crippen LogP contribution is -2.42. The fourth-order valence-corrected chi connectivity index (χ4v) is 4.41. The fraction of sp³-hybridized carbons (Fsp3) is 0.684. The van der Waals surface area contributed by atoms with E-state index in [-0.39, 0.29) is 22.8 Å². The maximum atomic E-state index is 13.1. The standard InChI is InChI=1S/C19H23F3N2O2/c20-19(21,22)15-9-13(8-14(24-15)11-2-3-11)17(26)23-10-12-4-7-18(16(12)25)5-1-6-18/h8-9,11-12,16,25H,1-7,10H2,(H,23,26). The minimum Gasteiger partial charge on any atom is -0.392 e. The number of hydrogen-bond donors (Lipinski definition) is 2. The number of aromatic nitrogens is 1. The van der Waals surface area contributed by atoms with Gasteiger partial charge in [-0.3, -0.25) is 4.79 Å². The summed E-state index contributed by atoms with van der Waals surface area (Å²) in [7, 11) is 0. The molecule has 1 amide bonds. The van der Waals surface area contributed by atoms with Gasteiger partial charge in [0.25, 0.3) is 5.91 Å². The van der Waals surface area contributed by atoms with E-state index >= 15 is 0 Å². The molecule has 1 spiro atoms. The summed E-state index contributed by atoms with van der Waals surface area (Å²) in [5.41, 5.74) is -0.644. The summed E-state index contributed by atoms with van der Waals surface area (Å²) >= 11 is 0. The lowest BCUT2D eigenvalue weighted by atomic mass is 9.65. The van der Waals surface area contributed by atoms with Crippen LogP contribution >= 0.6 is 0 Å². The second kappa shape index (κ2) is 6.22. The van der Waals surface area contributed by atoms with E-state index in [0.717, 1.165) is 51.0 Å². The minimum atomic E-state index is -4.57. The molecule has 1 aromatic heterocycles. The molecule has 1 heterocycles. The Morgan fingerprint density at radius 2 is 1.96 bits per heavy atom. The SMILES string of the molecule is O=C(NCC1CCC2(CCC2)C1O)c1cc(C2CC2)nc(C(F)(F)F)c1. The van der Waals surface area contributed by atoms with Crippen molar-refractivity contribution in [2.45, 2.75) is 63.1 Å². The highest BCUT2D eigenvalue weighted by Gasteiger charge is 2.50. The second-order valence-corrected chi connectivity index (χ2v) is 8.11. The van der Waals surface area contributed by atoms with Crippen LogP contribution in [0.3, 0.4) is 0 Å². The lowest BCUT2D eigenvalue weighted by molar-refractivity contribution is -0.141. The summed E-state index contributed by atoms with van der Waals surface area (Å²) < 4.78 is 39.2. The molecule has 3 saturated carbocycles. The Hall–Kier alpha value is -1.63. The third kappa shape index (κ3) is 3.21. The molecule has 26 heavy (non-hydrogen) atoms. The van der Waals surface area contributed by atoms with Crippen molar-refractivity contribution >= 4 is 5.91 Å². The Balaban J connectivity index is 1.45. The number of alkyl halides is 3. The number of amides is 1. The highest BCUT2D eigenvalue weighted by Crippen LogP contribution is 2.55. The van der Waals surface area contributed by atoms with Crippen molar-refractivity contribution in [2.75, 3.05) is 6.54 Å². The van der Waals surface area contributed by atoms with E-state index in [2.05, 4.69) is 10.3 Å². The second-order valence-electron chi connectivity index (χ2n) is 8.11. The molecule has 2 unspecified atom stereocenters.